The summed E-state index contributed by atoms with van der Waals surface area (Å²) in [7, 11) is 0. The number of hydrogen-bond donors (Lipinski definition) is 1. The fourth-order valence-electron chi connectivity index (χ4n) is 2.00. The largest absolute Gasteiger partial charge is 0.398 e. The molecule has 1 saturated heterocycles. The lowest BCUT2D eigenvalue weighted by Gasteiger charge is -2.20. The Bertz CT molecular complexity index is 412. The van der Waals surface area contributed by atoms with Crippen LogP contribution in [0.4, 0.5) is 5.69 Å². The van der Waals surface area contributed by atoms with Gasteiger partial charge in [-0.25, -0.2) is 0 Å². The van der Waals surface area contributed by atoms with Crippen molar-refractivity contribution in [2.75, 3.05) is 30.3 Å². The Morgan fingerprint density at radius 3 is 2.94 bits per heavy atom. The van der Waals surface area contributed by atoms with E-state index in [0.29, 0.717) is 11.3 Å². The van der Waals surface area contributed by atoms with Crippen molar-refractivity contribution in [1.29, 1.82) is 0 Å². The highest BCUT2D eigenvalue weighted by atomic mass is 32.2. The second-order valence-corrected chi connectivity index (χ2v) is 5.57. The SMILES string of the molecule is Cc1ccc(C(=O)N2CCCSCC2)c(N)c1. The summed E-state index contributed by atoms with van der Waals surface area (Å²) < 4.78 is 0. The smallest absolute Gasteiger partial charge is 0.255 e. The summed E-state index contributed by atoms with van der Waals surface area (Å²) in [6.45, 7) is 3.66. The molecular weight excluding hydrogens is 232 g/mol. The summed E-state index contributed by atoms with van der Waals surface area (Å²) in [4.78, 5) is 14.2. The van der Waals surface area contributed by atoms with Crippen LogP contribution in [0.3, 0.4) is 0 Å². The lowest BCUT2D eigenvalue weighted by atomic mass is 10.1. The standard InChI is InChI=1S/C13H18N2OS/c1-10-3-4-11(12(14)9-10)13(16)15-5-2-7-17-8-6-15/h3-4,9H,2,5-8,14H2,1H3. The number of rotatable bonds is 1. The number of aryl methyl sites for hydroxylation is 1. The van der Waals surface area contributed by atoms with Crippen molar-refractivity contribution in [3.63, 3.8) is 0 Å². The highest BCUT2D eigenvalue weighted by molar-refractivity contribution is 7.99. The molecule has 2 N–H and O–H groups in total. The number of carbonyl (C=O) groups excluding carboxylic acids is 1. The highest BCUT2D eigenvalue weighted by Gasteiger charge is 2.19. The van der Waals surface area contributed by atoms with E-state index in [0.717, 1.165) is 36.6 Å². The van der Waals surface area contributed by atoms with Gasteiger partial charge in [0.1, 0.15) is 0 Å². The molecule has 1 aliphatic heterocycles. The van der Waals surface area contributed by atoms with Crippen LogP contribution in [0.5, 0.6) is 0 Å². The van der Waals surface area contributed by atoms with Gasteiger partial charge in [0.05, 0.1) is 5.56 Å². The maximum atomic E-state index is 12.3. The van der Waals surface area contributed by atoms with Crippen LogP contribution in [-0.4, -0.2) is 35.4 Å². The van der Waals surface area contributed by atoms with Gasteiger partial charge in [0, 0.05) is 24.5 Å². The van der Waals surface area contributed by atoms with Gasteiger partial charge in [-0.2, -0.15) is 11.8 Å². The Labute approximate surface area is 106 Å². The van der Waals surface area contributed by atoms with E-state index in [1.165, 1.54) is 0 Å². The topological polar surface area (TPSA) is 46.3 Å². The first-order chi connectivity index (χ1) is 8.18. The molecule has 0 unspecified atom stereocenters. The molecule has 0 atom stereocenters. The third-order valence-corrected chi connectivity index (χ3v) is 4.00. The van der Waals surface area contributed by atoms with Crippen molar-refractivity contribution in [2.45, 2.75) is 13.3 Å². The fourth-order valence-corrected chi connectivity index (χ4v) is 2.88. The predicted octanol–water partition coefficient (Wildman–Crippen LogP) is 2.16. The van der Waals surface area contributed by atoms with Crippen LogP contribution in [0.15, 0.2) is 18.2 Å². The number of nitrogens with two attached hydrogens (primary N) is 1. The van der Waals surface area contributed by atoms with Crippen LogP contribution < -0.4 is 5.73 Å². The fraction of sp³-hybridized carbons (Fsp3) is 0.462. The van der Waals surface area contributed by atoms with E-state index in [1.807, 2.05) is 41.8 Å². The van der Waals surface area contributed by atoms with Gasteiger partial charge < -0.3 is 10.6 Å². The first-order valence-corrected chi connectivity index (χ1v) is 7.07. The molecule has 1 aliphatic rings. The van der Waals surface area contributed by atoms with Crippen LogP contribution in [0.2, 0.25) is 0 Å². The minimum atomic E-state index is 0.0741. The number of amides is 1. The van der Waals surface area contributed by atoms with E-state index in [9.17, 15) is 4.79 Å². The molecule has 92 valence electrons. The van der Waals surface area contributed by atoms with Crippen LogP contribution in [0.1, 0.15) is 22.3 Å². The van der Waals surface area contributed by atoms with Gasteiger partial charge in [0.25, 0.3) is 5.91 Å². The van der Waals surface area contributed by atoms with Crippen LogP contribution in [-0.2, 0) is 0 Å². The molecular formula is C13H18N2OS. The lowest BCUT2D eigenvalue weighted by molar-refractivity contribution is 0.0769. The van der Waals surface area contributed by atoms with Gasteiger partial charge in [-0.3, -0.25) is 4.79 Å². The minimum Gasteiger partial charge on any atom is -0.398 e. The minimum absolute atomic E-state index is 0.0741. The number of nitrogens with zero attached hydrogens (tertiary/aromatic N) is 1. The zero-order valence-electron chi connectivity index (χ0n) is 10.1. The molecule has 1 aromatic carbocycles. The van der Waals surface area contributed by atoms with Crippen LogP contribution in [0, 0.1) is 6.92 Å². The van der Waals surface area contributed by atoms with Gasteiger partial charge >= 0.3 is 0 Å². The highest BCUT2D eigenvalue weighted by Crippen LogP contribution is 2.18. The van der Waals surface area contributed by atoms with Crippen molar-refractivity contribution in [3.8, 4) is 0 Å². The Kier molecular flexibility index (Phi) is 3.94. The zero-order chi connectivity index (χ0) is 12.3. The Morgan fingerprint density at radius 2 is 2.18 bits per heavy atom. The maximum absolute atomic E-state index is 12.3. The first-order valence-electron chi connectivity index (χ1n) is 5.91. The number of thioether (sulfide) groups is 1. The van der Waals surface area contributed by atoms with Gasteiger partial charge in [0.2, 0.25) is 0 Å². The lowest BCUT2D eigenvalue weighted by Crippen LogP contribution is -2.33. The second kappa shape index (κ2) is 5.45. The summed E-state index contributed by atoms with van der Waals surface area (Å²) in [6, 6.07) is 5.64. The van der Waals surface area contributed by atoms with E-state index in [1.54, 1.807) is 0 Å². The van der Waals surface area contributed by atoms with E-state index >= 15 is 0 Å². The molecule has 4 heteroatoms. The molecule has 0 radical (unpaired) electrons. The first kappa shape index (κ1) is 12.3. The molecule has 0 bridgehead atoms. The molecule has 1 amide bonds. The molecule has 1 aromatic rings. The van der Waals surface area contributed by atoms with E-state index in [2.05, 4.69) is 0 Å². The molecule has 1 heterocycles. The van der Waals surface area contributed by atoms with Crippen molar-refractivity contribution in [2.24, 2.45) is 0 Å². The average molecular weight is 250 g/mol. The number of anilines is 1. The van der Waals surface area contributed by atoms with Crippen LogP contribution in [0.25, 0.3) is 0 Å². The van der Waals surface area contributed by atoms with Crippen molar-refractivity contribution in [1.82, 2.24) is 4.90 Å². The Morgan fingerprint density at radius 1 is 1.35 bits per heavy atom. The Hall–Kier alpha value is -1.16. The summed E-state index contributed by atoms with van der Waals surface area (Å²) in [5.74, 6) is 2.25. The maximum Gasteiger partial charge on any atom is 0.255 e. The zero-order valence-corrected chi connectivity index (χ0v) is 10.9. The molecule has 0 aromatic heterocycles. The molecule has 0 aliphatic carbocycles. The number of nitrogen functional groups attached to an aromatic ring is 1. The van der Waals surface area contributed by atoms with Gasteiger partial charge in [-0.1, -0.05) is 6.07 Å². The third kappa shape index (κ3) is 2.94. The van der Waals surface area contributed by atoms with Gasteiger partial charge in [-0.15, -0.1) is 0 Å². The van der Waals surface area contributed by atoms with Gasteiger partial charge in [0.15, 0.2) is 0 Å². The van der Waals surface area contributed by atoms with Crippen molar-refractivity contribution < 1.29 is 4.79 Å². The molecule has 1 fully saturated rings. The van der Waals surface area contributed by atoms with E-state index < -0.39 is 0 Å². The third-order valence-electron chi connectivity index (χ3n) is 2.95. The van der Waals surface area contributed by atoms with E-state index in [-0.39, 0.29) is 5.91 Å². The normalized spacial score (nSPS) is 16.6. The molecule has 2 rings (SSSR count). The monoisotopic (exact) mass is 250 g/mol. The van der Waals surface area contributed by atoms with Crippen molar-refractivity contribution >= 4 is 23.4 Å². The summed E-state index contributed by atoms with van der Waals surface area (Å²) in [5, 5.41) is 0. The quantitative estimate of drug-likeness (QED) is 0.777. The molecule has 0 saturated carbocycles. The predicted molar refractivity (Wildman–Crippen MR) is 73.4 cm³/mol. The molecule has 3 nitrogen and oxygen atoms in total. The number of benzene rings is 1. The Balaban J connectivity index is 2.17. The van der Waals surface area contributed by atoms with E-state index in [4.69, 9.17) is 5.73 Å². The summed E-state index contributed by atoms with van der Waals surface area (Å²) in [6.07, 6.45) is 1.07. The van der Waals surface area contributed by atoms with Crippen molar-refractivity contribution in [3.05, 3.63) is 29.3 Å². The number of carbonyl (C=O) groups is 1. The average Bonchev–Trinajstić information content (AvgIpc) is 2.56. The van der Waals surface area contributed by atoms with Crippen LogP contribution >= 0.6 is 11.8 Å². The molecule has 0 spiro atoms. The molecule has 17 heavy (non-hydrogen) atoms. The number of hydrogen-bond acceptors (Lipinski definition) is 3. The van der Waals surface area contributed by atoms with Gasteiger partial charge in [-0.05, 0) is 36.8 Å². The summed E-state index contributed by atoms with van der Waals surface area (Å²) >= 11 is 1.91. The second-order valence-electron chi connectivity index (χ2n) is 4.35. The summed E-state index contributed by atoms with van der Waals surface area (Å²) in [5.41, 5.74) is 8.23.